The van der Waals surface area contributed by atoms with Crippen molar-refractivity contribution in [3.63, 3.8) is 0 Å². The van der Waals surface area contributed by atoms with E-state index in [1.165, 1.54) is 0 Å². The zero-order valence-electron chi connectivity index (χ0n) is 8.39. The molecule has 0 aliphatic carbocycles. The standard InChI is InChI=1S/C8H4N2O8/c11-7(12)3-1-5(9(15)16)6(10(17)18)2-4(3)8(13)14/h1-2H,(H,11,12)(H,13,14). The first-order chi connectivity index (χ1) is 8.25. The number of carbonyl (C=O) groups is 2. The van der Waals surface area contributed by atoms with E-state index < -0.39 is 44.3 Å². The number of carboxylic acids is 2. The summed E-state index contributed by atoms with van der Waals surface area (Å²) in [5.74, 6) is -3.46. The Morgan fingerprint density at radius 1 is 0.889 bits per heavy atom. The molecule has 1 aromatic carbocycles. The van der Waals surface area contributed by atoms with Gasteiger partial charge in [0.2, 0.25) is 0 Å². The van der Waals surface area contributed by atoms with Crippen LogP contribution in [0.15, 0.2) is 12.1 Å². The molecule has 2 N–H and O–H groups in total. The summed E-state index contributed by atoms with van der Waals surface area (Å²) in [6, 6.07) is 0.702. The minimum atomic E-state index is -1.73. The molecule has 18 heavy (non-hydrogen) atoms. The normalized spacial score (nSPS) is 9.78. The fraction of sp³-hybridized carbons (Fsp3) is 0. The topological polar surface area (TPSA) is 161 Å². The Morgan fingerprint density at radius 2 is 1.17 bits per heavy atom. The second-order valence-electron chi connectivity index (χ2n) is 3.01. The van der Waals surface area contributed by atoms with Crippen LogP contribution in [0, 0.1) is 20.2 Å². The van der Waals surface area contributed by atoms with Crippen LogP contribution in [-0.2, 0) is 0 Å². The molecule has 10 nitrogen and oxygen atoms in total. The highest BCUT2D eigenvalue weighted by Gasteiger charge is 2.30. The molecule has 1 aromatic rings. The molecule has 0 aliphatic rings. The molecule has 0 unspecified atom stereocenters. The molecule has 0 aromatic heterocycles. The van der Waals surface area contributed by atoms with Crippen molar-refractivity contribution in [2.45, 2.75) is 0 Å². The number of aromatic carboxylic acids is 2. The molecule has 0 fully saturated rings. The van der Waals surface area contributed by atoms with Crippen LogP contribution in [0.4, 0.5) is 11.4 Å². The van der Waals surface area contributed by atoms with Gasteiger partial charge in [-0.25, -0.2) is 9.59 Å². The van der Waals surface area contributed by atoms with Gasteiger partial charge in [-0.15, -0.1) is 0 Å². The highest BCUT2D eigenvalue weighted by molar-refractivity contribution is 6.03. The second kappa shape index (κ2) is 4.45. The number of benzene rings is 1. The number of nitro benzene ring substituents is 2. The number of nitrogens with zero attached hydrogens (tertiary/aromatic N) is 2. The van der Waals surface area contributed by atoms with E-state index in [0.717, 1.165) is 0 Å². The van der Waals surface area contributed by atoms with E-state index >= 15 is 0 Å². The Kier molecular flexibility index (Phi) is 3.22. The molecule has 0 spiro atoms. The number of hydrogen-bond donors (Lipinski definition) is 2. The Morgan fingerprint density at radius 3 is 1.33 bits per heavy atom. The third-order valence-corrected chi connectivity index (χ3v) is 1.97. The summed E-state index contributed by atoms with van der Waals surface area (Å²) in [5, 5.41) is 38.5. The monoisotopic (exact) mass is 256 g/mol. The Hall–Kier alpha value is -3.04. The molecule has 10 heteroatoms. The molecule has 1 rings (SSSR count). The van der Waals surface area contributed by atoms with Crippen LogP contribution >= 0.6 is 0 Å². The molecule has 94 valence electrons. The first kappa shape index (κ1) is 13.0. The zero-order chi connectivity index (χ0) is 14.0. The molecule has 0 atom stereocenters. The summed E-state index contributed by atoms with van der Waals surface area (Å²) >= 11 is 0. The molecule has 0 radical (unpaired) electrons. The smallest absolute Gasteiger partial charge is 0.346 e. The minimum Gasteiger partial charge on any atom is -0.478 e. The Labute approximate surface area is 97.4 Å². The molecule has 0 bridgehead atoms. The predicted molar refractivity (Wildman–Crippen MR) is 53.7 cm³/mol. The van der Waals surface area contributed by atoms with Crippen molar-refractivity contribution < 1.29 is 29.6 Å². The van der Waals surface area contributed by atoms with Gasteiger partial charge in [0.05, 0.1) is 21.0 Å². The van der Waals surface area contributed by atoms with Gasteiger partial charge in [0, 0.05) is 12.1 Å². The predicted octanol–water partition coefficient (Wildman–Crippen LogP) is 0.899. The summed E-state index contributed by atoms with van der Waals surface area (Å²) in [6.07, 6.45) is 0. The van der Waals surface area contributed by atoms with Gasteiger partial charge in [0.25, 0.3) is 0 Å². The van der Waals surface area contributed by atoms with E-state index in [9.17, 15) is 29.8 Å². The maximum absolute atomic E-state index is 10.7. The van der Waals surface area contributed by atoms with Crippen molar-refractivity contribution in [2.24, 2.45) is 0 Å². The lowest BCUT2D eigenvalue weighted by Crippen LogP contribution is -2.10. The van der Waals surface area contributed by atoms with E-state index in [0.29, 0.717) is 12.1 Å². The largest absolute Gasteiger partial charge is 0.478 e. The van der Waals surface area contributed by atoms with Crippen LogP contribution in [0.3, 0.4) is 0 Å². The summed E-state index contributed by atoms with van der Waals surface area (Å²) in [4.78, 5) is 40.2. The van der Waals surface area contributed by atoms with Crippen LogP contribution in [0.1, 0.15) is 20.7 Å². The van der Waals surface area contributed by atoms with Crippen LogP contribution in [0.5, 0.6) is 0 Å². The van der Waals surface area contributed by atoms with Gasteiger partial charge in [0.15, 0.2) is 0 Å². The quantitative estimate of drug-likeness (QED) is 0.592. The third-order valence-electron chi connectivity index (χ3n) is 1.97. The van der Waals surface area contributed by atoms with E-state index in [1.54, 1.807) is 0 Å². The van der Waals surface area contributed by atoms with Gasteiger partial charge in [-0.1, -0.05) is 0 Å². The fourth-order valence-corrected chi connectivity index (χ4v) is 1.22. The maximum atomic E-state index is 10.7. The average Bonchev–Trinajstić information content (AvgIpc) is 2.26. The van der Waals surface area contributed by atoms with E-state index in [1.807, 2.05) is 0 Å². The molecular formula is C8H4N2O8. The van der Waals surface area contributed by atoms with E-state index in [2.05, 4.69) is 0 Å². The van der Waals surface area contributed by atoms with Crippen LogP contribution in [0.2, 0.25) is 0 Å². The number of hydrogen-bond acceptors (Lipinski definition) is 6. The number of rotatable bonds is 4. The minimum absolute atomic E-state index is 0.351. The third kappa shape index (κ3) is 2.21. The lowest BCUT2D eigenvalue weighted by molar-refractivity contribution is -0.422. The van der Waals surface area contributed by atoms with Gasteiger partial charge < -0.3 is 10.2 Å². The lowest BCUT2D eigenvalue weighted by Gasteiger charge is -2.02. The average molecular weight is 256 g/mol. The van der Waals surface area contributed by atoms with Crippen molar-refractivity contribution in [3.05, 3.63) is 43.5 Å². The van der Waals surface area contributed by atoms with Gasteiger partial charge >= 0.3 is 23.3 Å². The molecular weight excluding hydrogens is 252 g/mol. The van der Waals surface area contributed by atoms with E-state index in [4.69, 9.17) is 10.2 Å². The molecule has 0 saturated carbocycles. The van der Waals surface area contributed by atoms with Crippen molar-refractivity contribution in [2.75, 3.05) is 0 Å². The lowest BCUT2D eigenvalue weighted by atomic mass is 10.1. The SMILES string of the molecule is O=C(O)c1cc([N+](=O)[O-])c([N+](=O)[O-])cc1C(=O)O. The maximum Gasteiger partial charge on any atom is 0.346 e. The molecule has 0 heterocycles. The first-order valence-electron chi connectivity index (χ1n) is 4.19. The highest BCUT2D eigenvalue weighted by atomic mass is 16.6. The Balaban J connectivity index is 3.71. The van der Waals surface area contributed by atoms with Gasteiger partial charge in [-0.2, -0.15) is 0 Å². The molecule has 0 amide bonds. The summed E-state index contributed by atoms with van der Waals surface area (Å²) in [6.45, 7) is 0. The van der Waals surface area contributed by atoms with Crippen LogP contribution < -0.4 is 0 Å². The van der Waals surface area contributed by atoms with Gasteiger partial charge in [-0.3, -0.25) is 20.2 Å². The molecule has 0 saturated heterocycles. The van der Waals surface area contributed by atoms with Crippen molar-refractivity contribution in [1.29, 1.82) is 0 Å². The highest BCUT2D eigenvalue weighted by Crippen LogP contribution is 2.30. The van der Waals surface area contributed by atoms with E-state index in [-0.39, 0.29) is 0 Å². The number of nitro groups is 2. The van der Waals surface area contributed by atoms with Crippen LogP contribution in [0.25, 0.3) is 0 Å². The van der Waals surface area contributed by atoms with Gasteiger partial charge in [-0.05, 0) is 0 Å². The Bertz CT molecular complexity index is 480. The summed E-state index contributed by atoms with van der Waals surface area (Å²) < 4.78 is 0. The first-order valence-corrected chi connectivity index (χ1v) is 4.19. The zero-order valence-corrected chi connectivity index (χ0v) is 8.39. The van der Waals surface area contributed by atoms with Crippen LogP contribution in [-0.4, -0.2) is 32.0 Å². The van der Waals surface area contributed by atoms with Crippen molar-refractivity contribution in [3.8, 4) is 0 Å². The molecule has 0 aliphatic heterocycles. The second-order valence-corrected chi connectivity index (χ2v) is 3.01. The van der Waals surface area contributed by atoms with Crippen molar-refractivity contribution in [1.82, 2.24) is 0 Å². The van der Waals surface area contributed by atoms with Gasteiger partial charge in [0.1, 0.15) is 0 Å². The summed E-state index contributed by atoms with van der Waals surface area (Å²) in [5.41, 5.74) is -3.94. The van der Waals surface area contributed by atoms with Crippen molar-refractivity contribution >= 4 is 23.3 Å². The fourth-order valence-electron chi connectivity index (χ4n) is 1.22. The number of carboxylic acid groups (broad SMARTS) is 2. The summed E-state index contributed by atoms with van der Waals surface area (Å²) in [7, 11) is 0.